The van der Waals surface area contributed by atoms with Gasteiger partial charge in [0.1, 0.15) is 13.2 Å². The van der Waals surface area contributed by atoms with Crippen LogP contribution in [0.25, 0.3) is 0 Å². The number of rotatable bonds is 56. The molecule has 0 aliphatic carbocycles. The van der Waals surface area contributed by atoms with Crippen LogP contribution >= 0.6 is 0 Å². The van der Waals surface area contributed by atoms with E-state index in [2.05, 4.69) is 57.2 Å². The van der Waals surface area contributed by atoms with Gasteiger partial charge < -0.3 is 14.2 Å². The van der Waals surface area contributed by atoms with E-state index in [4.69, 9.17) is 14.2 Å². The second kappa shape index (κ2) is 58.2. The van der Waals surface area contributed by atoms with E-state index >= 15 is 0 Å². The van der Waals surface area contributed by atoms with E-state index in [1.807, 2.05) is 0 Å². The van der Waals surface area contributed by atoms with Crippen molar-refractivity contribution in [1.29, 1.82) is 0 Å². The quantitative estimate of drug-likeness (QED) is 0.0261. The van der Waals surface area contributed by atoms with Crippen molar-refractivity contribution in [2.75, 3.05) is 13.2 Å². The Morgan fingerprint density at radius 1 is 0.290 bits per heavy atom. The van der Waals surface area contributed by atoms with Gasteiger partial charge in [0.25, 0.3) is 0 Å². The monoisotopic (exact) mass is 969 g/mol. The van der Waals surface area contributed by atoms with Gasteiger partial charge in [-0.05, 0) is 77.0 Å². The molecule has 69 heavy (non-hydrogen) atoms. The average molecular weight is 970 g/mol. The average Bonchev–Trinajstić information content (AvgIpc) is 3.35. The Labute approximate surface area is 429 Å². The lowest BCUT2D eigenvalue weighted by Gasteiger charge is -2.18. The number of carbonyl (C=O) groups excluding carboxylic acids is 3. The maximum Gasteiger partial charge on any atom is 0.306 e. The molecule has 6 heteroatoms. The summed E-state index contributed by atoms with van der Waals surface area (Å²) in [6.07, 6.45) is 69.9. The summed E-state index contributed by atoms with van der Waals surface area (Å²) >= 11 is 0. The fourth-order valence-corrected chi connectivity index (χ4v) is 9.00. The van der Waals surface area contributed by atoms with E-state index in [-0.39, 0.29) is 31.1 Å². The summed E-state index contributed by atoms with van der Waals surface area (Å²) in [6, 6.07) is 0. The molecule has 0 aromatic heterocycles. The van der Waals surface area contributed by atoms with Crippen LogP contribution in [-0.4, -0.2) is 37.2 Å². The number of esters is 3. The Balaban J connectivity index is 4.32. The van der Waals surface area contributed by atoms with Gasteiger partial charge in [0.15, 0.2) is 6.10 Å². The van der Waals surface area contributed by atoms with Gasteiger partial charge in [0.2, 0.25) is 0 Å². The molecular weight excluding hydrogens is 853 g/mol. The van der Waals surface area contributed by atoms with Gasteiger partial charge in [-0.2, -0.15) is 0 Å². The van der Waals surface area contributed by atoms with Crippen LogP contribution in [0.3, 0.4) is 0 Å². The molecule has 0 radical (unpaired) electrons. The highest BCUT2D eigenvalue weighted by Crippen LogP contribution is 2.17. The van der Waals surface area contributed by atoms with Gasteiger partial charge in [-0.3, -0.25) is 14.4 Å². The van der Waals surface area contributed by atoms with Crippen LogP contribution in [0.1, 0.15) is 329 Å². The normalized spacial score (nSPS) is 12.2. The number of hydrogen-bond acceptors (Lipinski definition) is 6. The topological polar surface area (TPSA) is 78.9 Å². The van der Waals surface area contributed by atoms with Crippen molar-refractivity contribution < 1.29 is 28.6 Å². The van der Waals surface area contributed by atoms with Crippen molar-refractivity contribution in [3.63, 3.8) is 0 Å². The Morgan fingerprint density at radius 3 is 0.841 bits per heavy atom. The van der Waals surface area contributed by atoms with E-state index in [0.717, 1.165) is 64.2 Å². The minimum absolute atomic E-state index is 0.0701. The predicted molar refractivity (Wildman–Crippen MR) is 298 cm³/mol. The highest BCUT2D eigenvalue weighted by Gasteiger charge is 2.19. The number of ether oxygens (including phenoxy) is 3. The first kappa shape index (κ1) is 66.6. The van der Waals surface area contributed by atoms with Crippen molar-refractivity contribution in [2.24, 2.45) is 0 Å². The minimum atomic E-state index is -0.772. The summed E-state index contributed by atoms with van der Waals surface area (Å²) in [7, 11) is 0. The lowest BCUT2D eigenvalue weighted by atomic mass is 10.0. The zero-order valence-corrected chi connectivity index (χ0v) is 46.3. The van der Waals surface area contributed by atoms with Crippen LogP contribution in [0.4, 0.5) is 0 Å². The van der Waals surface area contributed by atoms with Crippen LogP contribution in [-0.2, 0) is 28.6 Å². The van der Waals surface area contributed by atoms with Gasteiger partial charge in [-0.25, -0.2) is 0 Å². The lowest BCUT2D eigenvalue weighted by Crippen LogP contribution is -2.30. The van der Waals surface area contributed by atoms with Crippen LogP contribution in [0, 0.1) is 0 Å². The SMILES string of the molecule is CCCCC/C=C\C/C=C\CCCCCCCCCCCC(=O)OC[C@@H](COC(=O)CCCCCCCCCCCCCCC)OC(=O)CCCCCCCCCCC/C=C\CCCCCCCC. The van der Waals surface area contributed by atoms with Crippen LogP contribution in [0.5, 0.6) is 0 Å². The fourth-order valence-electron chi connectivity index (χ4n) is 9.00. The Hall–Kier alpha value is -2.37. The van der Waals surface area contributed by atoms with Crippen LogP contribution in [0.2, 0.25) is 0 Å². The number of hydrogen-bond donors (Lipinski definition) is 0. The first-order chi connectivity index (χ1) is 34.0. The molecule has 0 aliphatic rings. The first-order valence-corrected chi connectivity index (χ1v) is 30.5. The van der Waals surface area contributed by atoms with Gasteiger partial charge in [0.05, 0.1) is 0 Å². The molecule has 0 rings (SSSR count). The molecule has 0 N–H and O–H groups in total. The van der Waals surface area contributed by atoms with E-state index in [9.17, 15) is 14.4 Å². The first-order valence-electron chi connectivity index (χ1n) is 30.5. The van der Waals surface area contributed by atoms with Crippen molar-refractivity contribution in [3.8, 4) is 0 Å². The third-order valence-electron chi connectivity index (χ3n) is 13.6. The number of carbonyl (C=O) groups is 3. The van der Waals surface area contributed by atoms with Gasteiger partial charge in [0, 0.05) is 19.3 Å². The second-order valence-electron chi connectivity index (χ2n) is 20.6. The van der Waals surface area contributed by atoms with E-state index in [1.54, 1.807) is 0 Å². The molecule has 404 valence electrons. The summed E-state index contributed by atoms with van der Waals surface area (Å²) < 4.78 is 16.9. The molecule has 0 spiro atoms. The largest absolute Gasteiger partial charge is 0.462 e. The zero-order valence-electron chi connectivity index (χ0n) is 46.3. The molecule has 0 saturated heterocycles. The number of allylic oxidation sites excluding steroid dienone is 6. The molecular formula is C63H116O6. The molecule has 0 saturated carbocycles. The third-order valence-corrected chi connectivity index (χ3v) is 13.6. The second-order valence-corrected chi connectivity index (χ2v) is 20.6. The number of unbranched alkanes of at least 4 members (excludes halogenated alkanes) is 39. The Morgan fingerprint density at radius 2 is 0.522 bits per heavy atom. The lowest BCUT2D eigenvalue weighted by molar-refractivity contribution is -0.167. The molecule has 6 nitrogen and oxygen atoms in total. The van der Waals surface area contributed by atoms with Crippen molar-refractivity contribution in [1.82, 2.24) is 0 Å². The molecule has 0 aliphatic heterocycles. The molecule has 0 fully saturated rings. The van der Waals surface area contributed by atoms with Gasteiger partial charge >= 0.3 is 17.9 Å². The smallest absolute Gasteiger partial charge is 0.306 e. The Bertz CT molecular complexity index is 1160. The highest BCUT2D eigenvalue weighted by atomic mass is 16.6. The summed E-state index contributed by atoms with van der Waals surface area (Å²) in [6.45, 7) is 6.65. The summed E-state index contributed by atoms with van der Waals surface area (Å²) in [5.41, 5.74) is 0. The third kappa shape index (κ3) is 56.4. The van der Waals surface area contributed by atoms with Crippen molar-refractivity contribution in [2.45, 2.75) is 335 Å². The molecule has 1 atom stereocenters. The molecule has 0 unspecified atom stereocenters. The maximum absolute atomic E-state index is 12.9. The minimum Gasteiger partial charge on any atom is -0.462 e. The maximum atomic E-state index is 12.9. The van der Waals surface area contributed by atoms with Gasteiger partial charge in [-0.1, -0.05) is 269 Å². The predicted octanol–water partition coefficient (Wildman–Crippen LogP) is 20.4. The summed E-state index contributed by atoms with van der Waals surface area (Å²) in [5.74, 6) is -0.856. The van der Waals surface area contributed by atoms with Crippen LogP contribution in [0.15, 0.2) is 36.5 Å². The highest BCUT2D eigenvalue weighted by molar-refractivity contribution is 5.71. The van der Waals surface area contributed by atoms with Crippen molar-refractivity contribution >= 4 is 17.9 Å². The van der Waals surface area contributed by atoms with E-state index in [1.165, 1.54) is 225 Å². The van der Waals surface area contributed by atoms with E-state index in [0.29, 0.717) is 19.3 Å². The summed E-state index contributed by atoms with van der Waals surface area (Å²) in [4.78, 5) is 38.2. The Kier molecular flexibility index (Phi) is 56.2. The molecule has 0 heterocycles. The van der Waals surface area contributed by atoms with Gasteiger partial charge in [-0.15, -0.1) is 0 Å². The zero-order chi connectivity index (χ0) is 50.0. The molecule has 0 bridgehead atoms. The fraction of sp³-hybridized carbons (Fsp3) is 0.857. The standard InChI is InChI=1S/C63H116O6/c1-4-7-10-13-16-19-22-25-27-29-31-33-35-38-41-44-47-50-53-56-62(65)68-59-60(58-67-61(64)55-52-49-46-43-40-37-24-21-18-15-12-9-6-3)69-63(66)57-54-51-48-45-42-39-36-34-32-30-28-26-23-20-17-14-11-8-5-2/h16,19,25-28,60H,4-15,17-18,20-24,29-59H2,1-3H3/b19-16-,27-25-,28-26-/t60-/m1/s1. The molecule has 0 aromatic rings. The van der Waals surface area contributed by atoms with Crippen molar-refractivity contribution in [3.05, 3.63) is 36.5 Å². The van der Waals surface area contributed by atoms with Crippen LogP contribution < -0.4 is 0 Å². The van der Waals surface area contributed by atoms with E-state index < -0.39 is 6.10 Å². The summed E-state index contributed by atoms with van der Waals surface area (Å²) in [5, 5.41) is 0. The molecule has 0 aromatic carbocycles. The molecule has 0 amide bonds.